The zero-order valence-electron chi connectivity index (χ0n) is 11.3. The Kier molecular flexibility index (Phi) is 7.15. The second-order valence-electron chi connectivity index (χ2n) is 4.05. The number of hydrogen-bond acceptors (Lipinski definition) is 2. The van der Waals surface area contributed by atoms with Crippen molar-refractivity contribution in [2.75, 3.05) is 0 Å². The smallest absolute Gasteiger partial charge is 0.0467 e. The molecule has 0 amide bonds. The second-order valence-corrected chi connectivity index (χ2v) is 15.4. The van der Waals surface area contributed by atoms with Gasteiger partial charge in [-0.1, -0.05) is 36.4 Å². The molecule has 4 aromatic rings. The number of halogens is 3. The fourth-order valence-corrected chi connectivity index (χ4v) is 1.68. The number of benzene rings is 2. The van der Waals surface area contributed by atoms with E-state index in [2.05, 4.69) is 20.4 Å². The Morgan fingerprint density at radius 1 is 0.682 bits per heavy atom. The van der Waals surface area contributed by atoms with Crippen LogP contribution < -0.4 is 10.2 Å². The third-order valence-corrected chi connectivity index (χ3v) is 2.60. The van der Waals surface area contributed by atoms with Crippen LogP contribution in [0.15, 0.2) is 60.9 Å². The largest absolute Gasteiger partial charge is 0.581 e. The van der Waals surface area contributed by atoms with Crippen LogP contribution in [0.2, 0.25) is 0 Å². The van der Waals surface area contributed by atoms with E-state index in [0.29, 0.717) is 0 Å². The number of nitrogens with zero attached hydrogens (tertiary/aromatic N) is 4. The molecule has 0 N–H and O–H groups in total. The van der Waals surface area contributed by atoms with Crippen LogP contribution in [0.1, 0.15) is 0 Å². The van der Waals surface area contributed by atoms with Gasteiger partial charge in [-0.25, -0.2) is 0 Å². The summed E-state index contributed by atoms with van der Waals surface area (Å²) >= 11 is -2.06. The van der Waals surface area contributed by atoms with Gasteiger partial charge >= 0.3 is 42.1 Å². The Morgan fingerprint density at radius 3 is 1.41 bits per heavy atom. The Bertz CT molecular complexity index is 686. The van der Waals surface area contributed by atoms with Crippen molar-refractivity contribution in [2.45, 2.75) is 0 Å². The minimum Gasteiger partial charge on any atom is -0.581 e. The molecule has 2 aromatic heterocycles. The molecule has 22 heavy (non-hydrogen) atoms. The molecule has 0 aliphatic heterocycles. The monoisotopic (exact) mass is 408 g/mol. The predicted molar refractivity (Wildman–Crippen MR) is 93.4 cm³/mol. The van der Waals surface area contributed by atoms with Gasteiger partial charge in [-0.15, -0.1) is 0 Å². The summed E-state index contributed by atoms with van der Waals surface area (Å²) in [5.74, 6) is 0. The predicted octanol–water partition coefficient (Wildman–Crippen LogP) is 4.07. The summed E-state index contributed by atoms with van der Waals surface area (Å²) < 4.78 is 0. The fraction of sp³-hybridized carbons (Fsp3) is 0. The standard InChI is InChI=1S/2C7H5N2.3ClH.Ga/c2*1-2-4-7-6(3-1)5-8-9-7;;;;/h2*1-5H;3*1H;/q2*-1;;;;+3/p-3. The van der Waals surface area contributed by atoms with Crippen LogP contribution in [0, 0.1) is 0 Å². The zero-order chi connectivity index (χ0) is 15.8. The van der Waals surface area contributed by atoms with Crippen LogP contribution in [0.3, 0.4) is 0 Å². The van der Waals surface area contributed by atoms with Crippen LogP contribution in [0.4, 0.5) is 0 Å². The summed E-state index contributed by atoms with van der Waals surface area (Å²) in [5.41, 5.74) is 1.94. The van der Waals surface area contributed by atoms with Gasteiger partial charge in [0.25, 0.3) is 0 Å². The molecule has 0 radical (unpaired) electrons. The SMILES string of the molecule is [Cl][Ga]([Cl])[Cl].c1ccc2n[n-]cc2c1.c1ccc2n[n-]cc2c1. The van der Waals surface area contributed by atoms with E-state index in [0.717, 1.165) is 21.8 Å². The Labute approximate surface area is 144 Å². The molecule has 8 heteroatoms. The van der Waals surface area contributed by atoms with Crippen LogP contribution in [0.5, 0.6) is 0 Å². The van der Waals surface area contributed by atoms with E-state index in [1.54, 1.807) is 12.4 Å². The van der Waals surface area contributed by atoms with Crippen LogP contribution in [-0.2, 0) is 0 Å². The van der Waals surface area contributed by atoms with Crippen molar-refractivity contribution < 1.29 is 0 Å². The summed E-state index contributed by atoms with van der Waals surface area (Å²) in [5, 5.41) is 17.5. The van der Waals surface area contributed by atoms with E-state index in [1.165, 1.54) is 0 Å². The molecule has 0 bridgehead atoms. The maximum Gasteiger partial charge on any atom is 0.0467 e. The first-order valence-electron chi connectivity index (χ1n) is 6.25. The normalized spacial score (nSPS) is 9.59. The topological polar surface area (TPSA) is 54.0 Å². The third-order valence-electron chi connectivity index (χ3n) is 2.60. The van der Waals surface area contributed by atoms with Crippen molar-refractivity contribution in [2.24, 2.45) is 0 Å². The van der Waals surface area contributed by atoms with E-state index in [-0.39, 0.29) is 0 Å². The van der Waals surface area contributed by atoms with Crippen LogP contribution >= 0.6 is 28.9 Å². The first kappa shape index (κ1) is 17.2. The molecular weight excluding hydrogens is 400 g/mol. The van der Waals surface area contributed by atoms with Gasteiger partial charge in [0.15, 0.2) is 0 Å². The first-order chi connectivity index (χ1) is 10.7. The molecule has 4 nitrogen and oxygen atoms in total. The van der Waals surface area contributed by atoms with Crippen molar-refractivity contribution in [1.29, 1.82) is 0 Å². The molecule has 2 aromatic carbocycles. The van der Waals surface area contributed by atoms with E-state index in [4.69, 9.17) is 28.9 Å². The van der Waals surface area contributed by atoms with Crippen molar-refractivity contribution in [3.63, 3.8) is 0 Å². The molecule has 0 aliphatic rings. The molecular formula is C14H10Cl3GaN4-2. The molecule has 0 atom stereocenters. The quantitative estimate of drug-likeness (QED) is 0.410. The fourth-order valence-electron chi connectivity index (χ4n) is 1.68. The third kappa shape index (κ3) is 5.59. The van der Waals surface area contributed by atoms with Gasteiger partial charge in [-0.05, 0) is 22.9 Å². The van der Waals surface area contributed by atoms with Crippen LogP contribution in [-0.4, -0.2) is 23.4 Å². The van der Waals surface area contributed by atoms with E-state index in [9.17, 15) is 0 Å². The number of rotatable bonds is 0. The van der Waals surface area contributed by atoms with Gasteiger partial charge in [-0.2, -0.15) is 12.4 Å². The number of fused-ring (bicyclic) bond motifs is 2. The van der Waals surface area contributed by atoms with Gasteiger partial charge < -0.3 is 20.4 Å². The maximum atomic E-state index is 4.99. The molecule has 2 heterocycles. The van der Waals surface area contributed by atoms with Crippen molar-refractivity contribution in [3.8, 4) is 0 Å². The minimum absolute atomic E-state index is 0.970. The van der Waals surface area contributed by atoms with E-state index >= 15 is 0 Å². The summed E-state index contributed by atoms with van der Waals surface area (Å²) in [6.07, 6.45) is 3.52. The average Bonchev–Trinajstić information content (AvgIpc) is 3.16. The molecule has 112 valence electrons. The molecule has 4 rings (SSSR count). The summed E-state index contributed by atoms with van der Waals surface area (Å²) in [6, 6.07) is 15.8. The zero-order valence-corrected chi connectivity index (χ0v) is 16.0. The summed E-state index contributed by atoms with van der Waals surface area (Å²) in [4.78, 5) is 0. The molecule has 0 aliphatic carbocycles. The van der Waals surface area contributed by atoms with E-state index in [1.807, 2.05) is 48.5 Å². The Morgan fingerprint density at radius 2 is 1.05 bits per heavy atom. The molecule has 0 fully saturated rings. The molecule has 0 unspecified atom stereocenters. The van der Waals surface area contributed by atoms with Crippen molar-refractivity contribution in [1.82, 2.24) is 20.4 Å². The molecule has 0 spiro atoms. The minimum atomic E-state index is -2.06. The van der Waals surface area contributed by atoms with Gasteiger partial charge in [0.2, 0.25) is 0 Å². The van der Waals surface area contributed by atoms with Crippen molar-refractivity contribution >= 4 is 63.9 Å². The maximum absolute atomic E-state index is 4.99. The Hall–Kier alpha value is -1.11. The van der Waals surface area contributed by atoms with Gasteiger partial charge in [0, 0.05) is 11.0 Å². The number of hydrogen-bond donors (Lipinski definition) is 0. The molecule has 0 saturated carbocycles. The summed E-state index contributed by atoms with van der Waals surface area (Å²) in [6.45, 7) is 0. The Balaban J connectivity index is 0.000000131. The number of aromatic nitrogens is 4. The average molecular weight is 410 g/mol. The second kappa shape index (κ2) is 9.12. The first-order valence-corrected chi connectivity index (χ1v) is 15.8. The van der Waals surface area contributed by atoms with Crippen LogP contribution in [0.25, 0.3) is 21.8 Å². The molecule has 0 saturated heterocycles. The summed E-state index contributed by atoms with van der Waals surface area (Å²) in [7, 11) is 15.0. The van der Waals surface area contributed by atoms with Gasteiger partial charge in [0.05, 0.1) is 0 Å². The van der Waals surface area contributed by atoms with Gasteiger partial charge in [0.1, 0.15) is 0 Å². The van der Waals surface area contributed by atoms with Crippen molar-refractivity contribution in [3.05, 3.63) is 60.9 Å². The van der Waals surface area contributed by atoms with E-state index < -0.39 is 13.2 Å². The van der Waals surface area contributed by atoms with Gasteiger partial charge in [-0.3, -0.25) is 0 Å².